The molecule has 8 heteroatoms. The molecule has 2 rings (SSSR count). The van der Waals surface area contributed by atoms with Crippen molar-refractivity contribution in [3.8, 4) is 5.75 Å². The molecule has 0 atom stereocenters. The van der Waals surface area contributed by atoms with Gasteiger partial charge in [0.2, 0.25) is 5.89 Å². The average molecular weight is 501 g/mol. The molecule has 1 N–H and O–H groups in total. The maximum absolute atomic E-state index is 5.88. The minimum atomic E-state index is -0.164. The van der Waals surface area contributed by atoms with E-state index in [-0.39, 0.29) is 29.4 Å². The van der Waals surface area contributed by atoms with Crippen LogP contribution in [-0.2, 0) is 12.0 Å². The van der Waals surface area contributed by atoms with Gasteiger partial charge in [0, 0.05) is 19.0 Å². The van der Waals surface area contributed by atoms with E-state index in [4.69, 9.17) is 9.26 Å². The molecule has 0 saturated heterocycles. The molecule has 0 bridgehead atoms. The highest BCUT2D eigenvalue weighted by Crippen LogP contribution is 2.19. The SMILES string of the molecule is CCNC(=NCc1noc(C(C)(C)C)n1)N(C)CCOc1ccccc1C.I. The lowest BCUT2D eigenvalue weighted by Crippen LogP contribution is -2.40. The summed E-state index contributed by atoms with van der Waals surface area (Å²) in [5, 5.41) is 7.31. The maximum atomic E-state index is 5.88. The summed E-state index contributed by atoms with van der Waals surface area (Å²) < 4.78 is 11.2. The highest BCUT2D eigenvalue weighted by Gasteiger charge is 2.21. The van der Waals surface area contributed by atoms with Crippen LogP contribution in [0.4, 0.5) is 0 Å². The Morgan fingerprint density at radius 1 is 1.29 bits per heavy atom. The third kappa shape index (κ3) is 7.29. The minimum Gasteiger partial charge on any atom is -0.491 e. The Morgan fingerprint density at radius 3 is 2.61 bits per heavy atom. The fraction of sp³-hybridized carbons (Fsp3) is 0.550. The van der Waals surface area contributed by atoms with Crippen molar-refractivity contribution in [1.82, 2.24) is 20.4 Å². The summed E-state index contributed by atoms with van der Waals surface area (Å²) in [6.07, 6.45) is 0. The van der Waals surface area contributed by atoms with Gasteiger partial charge < -0.3 is 19.5 Å². The van der Waals surface area contributed by atoms with Gasteiger partial charge in [-0.05, 0) is 25.5 Å². The van der Waals surface area contributed by atoms with Crippen LogP contribution in [0.5, 0.6) is 5.75 Å². The number of nitrogens with one attached hydrogen (secondary N) is 1. The lowest BCUT2D eigenvalue weighted by Gasteiger charge is -2.22. The molecule has 0 fully saturated rings. The minimum absolute atomic E-state index is 0. The van der Waals surface area contributed by atoms with Crippen LogP contribution in [0, 0.1) is 6.92 Å². The van der Waals surface area contributed by atoms with E-state index in [0.29, 0.717) is 31.4 Å². The van der Waals surface area contributed by atoms with Crippen molar-refractivity contribution < 1.29 is 9.26 Å². The smallest absolute Gasteiger partial charge is 0.232 e. The lowest BCUT2D eigenvalue weighted by atomic mass is 9.97. The lowest BCUT2D eigenvalue weighted by molar-refractivity contribution is 0.280. The first-order valence-corrected chi connectivity index (χ1v) is 9.32. The van der Waals surface area contributed by atoms with Gasteiger partial charge >= 0.3 is 0 Å². The average Bonchev–Trinajstić information content (AvgIpc) is 3.09. The van der Waals surface area contributed by atoms with Crippen molar-refractivity contribution in [2.45, 2.75) is 46.6 Å². The number of nitrogens with zero attached hydrogens (tertiary/aromatic N) is 4. The predicted molar refractivity (Wildman–Crippen MR) is 123 cm³/mol. The monoisotopic (exact) mass is 501 g/mol. The van der Waals surface area contributed by atoms with E-state index in [2.05, 4.69) is 20.4 Å². The van der Waals surface area contributed by atoms with E-state index >= 15 is 0 Å². The van der Waals surface area contributed by atoms with Crippen LogP contribution in [0.2, 0.25) is 0 Å². The number of hydrogen-bond donors (Lipinski definition) is 1. The molecule has 7 nitrogen and oxygen atoms in total. The number of aliphatic imine (C=N–C) groups is 1. The topological polar surface area (TPSA) is 75.8 Å². The van der Waals surface area contributed by atoms with Crippen molar-refractivity contribution in [3.05, 3.63) is 41.5 Å². The number of halogens is 1. The summed E-state index contributed by atoms with van der Waals surface area (Å²) in [6, 6.07) is 8.01. The van der Waals surface area contributed by atoms with Gasteiger partial charge in [0.25, 0.3) is 0 Å². The van der Waals surface area contributed by atoms with E-state index < -0.39 is 0 Å². The number of likely N-dealkylation sites (N-methyl/N-ethyl adjacent to an activating group) is 1. The molecule has 1 aromatic heterocycles. The van der Waals surface area contributed by atoms with Gasteiger partial charge in [0.05, 0.1) is 6.54 Å². The number of rotatable bonds is 7. The zero-order valence-corrected chi connectivity index (χ0v) is 20.0. The van der Waals surface area contributed by atoms with E-state index in [1.165, 1.54) is 0 Å². The second kappa shape index (κ2) is 11.2. The number of guanidine groups is 1. The fourth-order valence-corrected chi connectivity index (χ4v) is 2.35. The molecule has 0 amide bonds. The van der Waals surface area contributed by atoms with Crippen LogP contribution in [0.3, 0.4) is 0 Å². The zero-order valence-electron chi connectivity index (χ0n) is 17.7. The first-order chi connectivity index (χ1) is 12.8. The van der Waals surface area contributed by atoms with E-state index in [1.54, 1.807) is 0 Å². The number of hydrogen-bond acceptors (Lipinski definition) is 5. The Morgan fingerprint density at radius 2 is 2.00 bits per heavy atom. The van der Waals surface area contributed by atoms with Gasteiger partial charge in [0.15, 0.2) is 11.8 Å². The van der Waals surface area contributed by atoms with Crippen LogP contribution in [0.25, 0.3) is 0 Å². The molecule has 28 heavy (non-hydrogen) atoms. The molecule has 0 saturated carbocycles. The second-order valence-corrected chi connectivity index (χ2v) is 7.47. The molecule has 0 aliphatic heterocycles. The van der Waals surface area contributed by atoms with Gasteiger partial charge in [-0.3, -0.25) is 0 Å². The molecule has 2 aromatic rings. The zero-order chi connectivity index (χ0) is 19.9. The Hall–Kier alpha value is -1.84. The second-order valence-electron chi connectivity index (χ2n) is 7.47. The Bertz CT molecular complexity index is 755. The van der Waals surface area contributed by atoms with Crippen molar-refractivity contribution in [2.24, 2.45) is 4.99 Å². The van der Waals surface area contributed by atoms with Crippen molar-refractivity contribution in [1.29, 1.82) is 0 Å². The quantitative estimate of drug-likeness (QED) is 0.354. The highest BCUT2D eigenvalue weighted by molar-refractivity contribution is 14.0. The summed E-state index contributed by atoms with van der Waals surface area (Å²) in [4.78, 5) is 11.1. The van der Waals surface area contributed by atoms with Crippen molar-refractivity contribution in [3.63, 3.8) is 0 Å². The number of aromatic nitrogens is 2. The normalized spacial score (nSPS) is 11.7. The predicted octanol–water partition coefficient (Wildman–Crippen LogP) is 3.77. The van der Waals surface area contributed by atoms with Crippen molar-refractivity contribution >= 4 is 29.9 Å². The van der Waals surface area contributed by atoms with Crippen LogP contribution in [0.1, 0.15) is 45.0 Å². The maximum Gasteiger partial charge on any atom is 0.232 e. The van der Waals surface area contributed by atoms with Crippen molar-refractivity contribution in [2.75, 3.05) is 26.7 Å². The van der Waals surface area contributed by atoms with Crippen LogP contribution in [-0.4, -0.2) is 47.7 Å². The summed E-state index contributed by atoms with van der Waals surface area (Å²) in [5.41, 5.74) is 0.968. The van der Waals surface area contributed by atoms with Crippen LogP contribution >= 0.6 is 24.0 Å². The Balaban J connectivity index is 0.00000392. The molecule has 0 unspecified atom stereocenters. The molecular weight excluding hydrogens is 469 g/mol. The summed E-state index contributed by atoms with van der Waals surface area (Å²) in [7, 11) is 1.99. The first kappa shape index (κ1) is 24.2. The Kier molecular flexibility index (Phi) is 9.71. The van der Waals surface area contributed by atoms with Gasteiger partial charge in [-0.2, -0.15) is 4.98 Å². The van der Waals surface area contributed by atoms with Gasteiger partial charge in [-0.15, -0.1) is 24.0 Å². The number of benzene rings is 1. The third-order valence-corrected chi connectivity index (χ3v) is 3.95. The fourth-order valence-electron chi connectivity index (χ4n) is 2.35. The highest BCUT2D eigenvalue weighted by atomic mass is 127. The molecule has 156 valence electrons. The van der Waals surface area contributed by atoms with Gasteiger partial charge in [-0.1, -0.05) is 44.1 Å². The molecule has 1 aromatic carbocycles. The van der Waals surface area contributed by atoms with Crippen LogP contribution < -0.4 is 10.1 Å². The van der Waals surface area contributed by atoms with E-state index in [9.17, 15) is 0 Å². The Labute approximate surface area is 185 Å². The molecule has 0 spiro atoms. The molecule has 0 radical (unpaired) electrons. The first-order valence-electron chi connectivity index (χ1n) is 9.32. The molecule has 1 heterocycles. The standard InChI is InChI=1S/C20H31N5O2.HI/c1-7-21-19(22-14-17-23-18(27-24-17)20(3,4)5)25(6)12-13-26-16-11-9-8-10-15(16)2;/h8-11H,7,12-14H2,1-6H3,(H,21,22);1H. The number of aryl methyl sites for hydroxylation is 1. The van der Waals surface area contributed by atoms with Crippen LogP contribution in [0.15, 0.2) is 33.8 Å². The number of ether oxygens (including phenoxy) is 1. The summed E-state index contributed by atoms with van der Waals surface area (Å²) >= 11 is 0. The van der Waals surface area contributed by atoms with E-state index in [0.717, 1.165) is 23.8 Å². The molecular formula is C20H32IN5O2. The number of para-hydroxylation sites is 1. The van der Waals surface area contributed by atoms with Gasteiger partial charge in [-0.25, -0.2) is 4.99 Å². The summed E-state index contributed by atoms with van der Waals surface area (Å²) in [5.74, 6) is 2.90. The molecule has 0 aliphatic rings. The largest absolute Gasteiger partial charge is 0.491 e. The van der Waals surface area contributed by atoms with E-state index in [1.807, 2.05) is 70.8 Å². The molecule has 0 aliphatic carbocycles. The van der Waals surface area contributed by atoms with Gasteiger partial charge in [0.1, 0.15) is 18.9 Å². The third-order valence-electron chi connectivity index (χ3n) is 3.95. The summed E-state index contributed by atoms with van der Waals surface area (Å²) in [6.45, 7) is 12.6.